The Morgan fingerprint density at radius 1 is 1.44 bits per heavy atom. The van der Waals surface area contributed by atoms with Gasteiger partial charge in [0, 0.05) is 21.8 Å². The lowest BCUT2D eigenvalue weighted by Crippen LogP contribution is -2.23. The second-order valence-corrected chi connectivity index (χ2v) is 8.15. The first-order valence-corrected chi connectivity index (χ1v) is 10.0. The van der Waals surface area contributed by atoms with Crippen molar-refractivity contribution in [3.63, 3.8) is 0 Å². The van der Waals surface area contributed by atoms with Gasteiger partial charge in [-0.3, -0.25) is 4.79 Å². The van der Waals surface area contributed by atoms with E-state index in [0.29, 0.717) is 10.8 Å². The number of nitrogens with one attached hydrogen (secondary N) is 1. The average molecular weight is 393 g/mol. The number of carbonyl (C=O) groups is 1. The van der Waals surface area contributed by atoms with Gasteiger partial charge in [-0.25, -0.2) is 4.98 Å². The van der Waals surface area contributed by atoms with Crippen LogP contribution in [0.4, 0.5) is 5.69 Å². The van der Waals surface area contributed by atoms with Gasteiger partial charge in [0.1, 0.15) is 0 Å². The number of aromatic nitrogens is 1. The molecule has 1 amide bonds. The van der Waals surface area contributed by atoms with E-state index in [2.05, 4.69) is 10.3 Å². The maximum Gasteiger partial charge on any atom is 0.237 e. The zero-order valence-electron chi connectivity index (χ0n) is 13.8. The second kappa shape index (κ2) is 8.08. The Balaban J connectivity index is 1.56. The minimum atomic E-state index is -0.202. The van der Waals surface area contributed by atoms with Crippen LogP contribution >= 0.6 is 34.7 Å². The SMILES string of the molecule is Cc1ccc(Cl)cc1NC(=O)C(C)SCc1csc(-c2ccco2)n1. The fraction of sp³-hybridized carbons (Fsp3) is 0.222. The smallest absolute Gasteiger partial charge is 0.237 e. The number of furan rings is 1. The lowest BCUT2D eigenvalue weighted by atomic mass is 10.2. The number of rotatable bonds is 6. The molecule has 0 radical (unpaired) electrons. The van der Waals surface area contributed by atoms with E-state index >= 15 is 0 Å². The molecular formula is C18H17ClN2O2S2. The Morgan fingerprint density at radius 2 is 2.28 bits per heavy atom. The minimum Gasteiger partial charge on any atom is -0.462 e. The number of aryl methyl sites for hydroxylation is 1. The van der Waals surface area contributed by atoms with E-state index in [4.69, 9.17) is 16.0 Å². The number of benzene rings is 1. The van der Waals surface area contributed by atoms with Crippen LogP contribution in [-0.2, 0) is 10.5 Å². The quantitative estimate of drug-likeness (QED) is 0.591. The van der Waals surface area contributed by atoms with Crippen molar-refractivity contribution in [2.75, 3.05) is 5.32 Å². The molecule has 1 aromatic carbocycles. The molecule has 4 nitrogen and oxygen atoms in total. The molecule has 0 aliphatic rings. The van der Waals surface area contributed by atoms with Gasteiger partial charge in [0.25, 0.3) is 0 Å². The van der Waals surface area contributed by atoms with Crippen LogP contribution in [0.1, 0.15) is 18.2 Å². The maximum atomic E-state index is 12.4. The fourth-order valence-electron chi connectivity index (χ4n) is 2.14. The van der Waals surface area contributed by atoms with Crippen LogP contribution in [0, 0.1) is 6.92 Å². The Labute approximate surface area is 159 Å². The Kier molecular flexibility index (Phi) is 5.83. The van der Waals surface area contributed by atoms with Crippen molar-refractivity contribution in [1.82, 2.24) is 4.98 Å². The van der Waals surface area contributed by atoms with Crippen molar-refractivity contribution in [2.24, 2.45) is 0 Å². The van der Waals surface area contributed by atoms with Crippen molar-refractivity contribution in [1.29, 1.82) is 0 Å². The van der Waals surface area contributed by atoms with E-state index < -0.39 is 0 Å². The lowest BCUT2D eigenvalue weighted by Gasteiger charge is -2.13. The molecule has 25 heavy (non-hydrogen) atoms. The van der Waals surface area contributed by atoms with Crippen LogP contribution in [0.5, 0.6) is 0 Å². The summed E-state index contributed by atoms with van der Waals surface area (Å²) in [6, 6.07) is 9.20. The summed E-state index contributed by atoms with van der Waals surface area (Å²) < 4.78 is 5.35. The van der Waals surface area contributed by atoms with Gasteiger partial charge in [-0.2, -0.15) is 0 Å². The monoisotopic (exact) mass is 392 g/mol. The molecule has 3 rings (SSSR count). The minimum absolute atomic E-state index is 0.0446. The van der Waals surface area contributed by atoms with Crippen molar-refractivity contribution >= 4 is 46.3 Å². The zero-order valence-corrected chi connectivity index (χ0v) is 16.2. The summed E-state index contributed by atoms with van der Waals surface area (Å²) in [5, 5.41) is 6.19. The molecule has 0 saturated heterocycles. The van der Waals surface area contributed by atoms with Crippen LogP contribution in [0.25, 0.3) is 10.8 Å². The van der Waals surface area contributed by atoms with Crippen molar-refractivity contribution in [3.05, 3.63) is 58.3 Å². The lowest BCUT2D eigenvalue weighted by molar-refractivity contribution is -0.115. The van der Waals surface area contributed by atoms with E-state index in [1.165, 1.54) is 0 Å². The van der Waals surface area contributed by atoms with Crippen LogP contribution in [0.2, 0.25) is 5.02 Å². The van der Waals surface area contributed by atoms with Gasteiger partial charge in [-0.05, 0) is 43.7 Å². The van der Waals surface area contributed by atoms with E-state index in [-0.39, 0.29) is 11.2 Å². The summed E-state index contributed by atoms with van der Waals surface area (Å²) in [4.78, 5) is 16.9. The molecule has 0 aliphatic carbocycles. The number of hydrogen-bond acceptors (Lipinski definition) is 5. The maximum absolute atomic E-state index is 12.4. The number of thiazole rings is 1. The molecule has 7 heteroatoms. The summed E-state index contributed by atoms with van der Waals surface area (Å²) in [7, 11) is 0. The van der Waals surface area contributed by atoms with Gasteiger partial charge < -0.3 is 9.73 Å². The van der Waals surface area contributed by atoms with E-state index in [9.17, 15) is 4.79 Å². The molecule has 1 N–H and O–H groups in total. The molecule has 130 valence electrons. The third-order valence-electron chi connectivity index (χ3n) is 3.59. The van der Waals surface area contributed by atoms with Gasteiger partial charge >= 0.3 is 0 Å². The van der Waals surface area contributed by atoms with Crippen molar-refractivity contribution in [2.45, 2.75) is 24.9 Å². The molecule has 0 saturated carbocycles. The summed E-state index contributed by atoms with van der Waals surface area (Å²) in [5.74, 6) is 1.39. The predicted molar refractivity (Wildman–Crippen MR) is 105 cm³/mol. The van der Waals surface area contributed by atoms with E-state index in [0.717, 1.165) is 27.7 Å². The molecule has 1 unspecified atom stereocenters. The van der Waals surface area contributed by atoms with Crippen LogP contribution in [0.15, 0.2) is 46.4 Å². The number of amides is 1. The second-order valence-electron chi connectivity index (χ2n) is 5.52. The first-order valence-electron chi connectivity index (χ1n) is 7.70. The van der Waals surface area contributed by atoms with E-state index in [1.807, 2.05) is 43.5 Å². The number of hydrogen-bond donors (Lipinski definition) is 1. The third-order valence-corrected chi connectivity index (χ3v) is 5.91. The van der Waals surface area contributed by atoms with Crippen molar-refractivity contribution in [3.8, 4) is 10.8 Å². The summed E-state index contributed by atoms with van der Waals surface area (Å²) in [6.07, 6.45) is 1.63. The molecule has 3 aromatic rings. The highest BCUT2D eigenvalue weighted by Crippen LogP contribution is 2.27. The van der Waals surface area contributed by atoms with Gasteiger partial charge in [-0.1, -0.05) is 17.7 Å². The highest BCUT2D eigenvalue weighted by atomic mass is 35.5. The molecule has 0 spiro atoms. The molecule has 1 atom stereocenters. The van der Waals surface area contributed by atoms with E-state index in [1.54, 1.807) is 35.4 Å². The topological polar surface area (TPSA) is 55.1 Å². The normalized spacial score (nSPS) is 12.1. The number of thioether (sulfide) groups is 1. The van der Waals surface area contributed by atoms with Gasteiger partial charge in [0.05, 0.1) is 17.2 Å². The Morgan fingerprint density at radius 3 is 3.04 bits per heavy atom. The molecule has 0 fully saturated rings. The Bertz CT molecular complexity index is 862. The number of anilines is 1. The molecule has 2 aromatic heterocycles. The first-order chi connectivity index (χ1) is 12.0. The average Bonchev–Trinajstić information content (AvgIpc) is 3.26. The van der Waals surface area contributed by atoms with Crippen molar-refractivity contribution < 1.29 is 9.21 Å². The largest absolute Gasteiger partial charge is 0.462 e. The van der Waals surface area contributed by atoms with Gasteiger partial charge in [0.15, 0.2) is 10.8 Å². The number of carbonyl (C=O) groups excluding carboxylic acids is 1. The molecule has 2 heterocycles. The first kappa shape index (κ1) is 18.0. The van der Waals surface area contributed by atoms with Gasteiger partial charge in [0.2, 0.25) is 5.91 Å². The summed E-state index contributed by atoms with van der Waals surface area (Å²) in [5.41, 5.74) is 2.68. The van der Waals surface area contributed by atoms with Crippen LogP contribution in [0.3, 0.4) is 0 Å². The molecule has 0 bridgehead atoms. The zero-order chi connectivity index (χ0) is 17.8. The molecule has 0 aliphatic heterocycles. The third kappa shape index (κ3) is 4.66. The molecular weight excluding hydrogens is 376 g/mol. The predicted octanol–water partition coefficient (Wildman–Crippen LogP) is 5.63. The number of nitrogens with zero attached hydrogens (tertiary/aromatic N) is 1. The van der Waals surface area contributed by atoms with Crippen LogP contribution < -0.4 is 5.32 Å². The highest BCUT2D eigenvalue weighted by Gasteiger charge is 2.16. The van der Waals surface area contributed by atoms with Gasteiger partial charge in [-0.15, -0.1) is 23.1 Å². The number of halogens is 1. The Hall–Kier alpha value is -1.76. The van der Waals surface area contributed by atoms with Crippen LogP contribution in [-0.4, -0.2) is 16.1 Å². The summed E-state index contributed by atoms with van der Waals surface area (Å²) >= 11 is 9.08. The fourth-order valence-corrected chi connectivity index (χ4v) is 3.98. The standard InChI is InChI=1S/C18H17ClN2O2S2/c1-11-5-6-13(19)8-15(11)21-17(22)12(2)24-9-14-10-25-18(20-14)16-4-3-7-23-16/h3-8,10,12H,9H2,1-2H3,(H,21,22). The summed E-state index contributed by atoms with van der Waals surface area (Å²) in [6.45, 7) is 3.83. The highest BCUT2D eigenvalue weighted by molar-refractivity contribution is 7.99.